The summed E-state index contributed by atoms with van der Waals surface area (Å²) in [6.07, 6.45) is 5.16. The van der Waals surface area contributed by atoms with Crippen LogP contribution in [0.25, 0.3) is 22.3 Å². The van der Waals surface area contributed by atoms with Gasteiger partial charge in [0.1, 0.15) is 11.6 Å². The minimum absolute atomic E-state index is 0.0647. The van der Waals surface area contributed by atoms with Crippen molar-refractivity contribution in [3.05, 3.63) is 65.9 Å². The molecule has 4 rings (SSSR count). The third kappa shape index (κ3) is 2.71. The van der Waals surface area contributed by atoms with Crippen LogP contribution in [0.3, 0.4) is 0 Å². The number of aromatic nitrogens is 2. The summed E-state index contributed by atoms with van der Waals surface area (Å²) in [7, 11) is 0. The fourth-order valence-corrected chi connectivity index (χ4v) is 3.04. The summed E-state index contributed by atoms with van der Waals surface area (Å²) >= 11 is 0. The average Bonchev–Trinajstić information content (AvgIpc) is 2.63. The molecule has 3 aromatic rings. The third-order valence-corrected chi connectivity index (χ3v) is 4.34. The van der Waals surface area contributed by atoms with Crippen LogP contribution in [0.15, 0.2) is 48.9 Å². The zero-order chi connectivity index (χ0) is 17.4. The van der Waals surface area contributed by atoms with Gasteiger partial charge in [0, 0.05) is 47.4 Å². The molecule has 3 N–H and O–H groups in total. The molecule has 0 atom stereocenters. The lowest BCUT2D eigenvalue weighted by Crippen LogP contribution is -2.31. The Hall–Kier alpha value is -3.28. The van der Waals surface area contributed by atoms with Crippen LogP contribution in [-0.4, -0.2) is 22.4 Å². The third-order valence-electron chi connectivity index (χ3n) is 4.34. The Balaban J connectivity index is 1.82. The van der Waals surface area contributed by atoms with E-state index in [2.05, 4.69) is 15.3 Å². The van der Waals surface area contributed by atoms with E-state index in [1.54, 1.807) is 12.1 Å². The van der Waals surface area contributed by atoms with E-state index < -0.39 is 0 Å². The highest BCUT2D eigenvalue weighted by atomic mass is 19.1. The monoisotopic (exact) mass is 334 g/mol. The molecule has 0 unspecified atom stereocenters. The van der Waals surface area contributed by atoms with Gasteiger partial charge in [0.15, 0.2) is 0 Å². The maximum atomic E-state index is 14.0. The van der Waals surface area contributed by atoms with Crippen LogP contribution in [0, 0.1) is 5.82 Å². The van der Waals surface area contributed by atoms with Gasteiger partial charge in [-0.05, 0) is 35.7 Å². The lowest BCUT2D eigenvalue weighted by molar-refractivity contribution is 0.0946. The van der Waals surface area contributed by atoms with Crippen molar-refractivity contribution in [3.8, 4) is 22.3 Å². The molecule has 3 heterocycles. The van der Waals surface area contributed by atoms with Crippen LogP contribution in [0.2, 0.25) is 0 Å². The number of hydrogen-bond acceptors (Lipinski definition) is 4. The van der Waals surface area contributed by atoms with Gasteiger partial charge < -0.3 is 11.1 Å². The van der Waals surface area contributed by atoms with Crippen molar-refractivity contribution in [2.45, 2.75) is 6.42 Å². The molecule has 0 bridgehead atoms. The highest BCUT2D eigenvalue weighted by molar-refractivity contribution is 5.97. The number of nitrogens with zero attached hydrogens (tertiary/aromatic N) is 2. The fourth-order valence-electron chi connectivity index (χ4n) is 3.04. The zero-order valence-electron chi connectivity index (χ0n) is 13.3. The van der Waals surface area contributed by atoms with E-state index in [0.29, 0.717) is 34.6 Å². The molecule has 0 saturated carbocycles. The molecule has 1 aliphatic rings. The largest absolute Gasteiger partial charge is 0.383 e. The van der Waals surface area contributed by atoms with Gasteiger partial charge >= 0.3 is 0 Å². The van der Waals surface area contributed by atoms with E-state index in [4.69, 9.17) is 5.73 Å². The predicted molar refractivity (Wildman–Crippen MR) is 93.3 cm³/mol. The number of hydrogen-bond donors (Lipinski definition) is 2. The van der Waals surface area contributed by atoms with Crippen LogP contribution >= 0.6 is 0 Å². The Morgan fingerprint density at radius 1 is 1.04 bits per heavy atom. The SMILES string of the molecule is Nc1ncc(-c2cnccc2F)cc1-c1ccc2c(c1)CCNC2=O. The van der Waals surface area contributed by atoms with Crippen molar-refractivity contribution in [1.82, 2.24) is 15.3 Å². The molecule has 0 saturated heterocycles. The number of benzene rings is 1. The Morgan fingerprint density at radius 2 is 1.92 bits per heavy atom. The molecular formula is C19H15FN4O. The predicted octanol–water partition coefficient (Wildman–Crippen LogP) is 2.82. The molecule has 1 aromatic carbocycles. The van der Waals surface area contributed by atoms with Gasteiger partial charge in [0.2, 0.25) is 0 Å². The van der Waals surface area contributed by atoms with E-state index in [1.807, 2.05) is 12.1 Å². The van der Waals surface area contributed by atoms with Gasteiger partial charge in [-0.15, -0.1) is 0 Å². The lowest BCUT2D eigenvalue weighted by Gasteiger charge is -2.18. The number of nitrogens with two attached hydrogens (primary N) is 1. The van der Waals surface area contributed by atoms with Crippen molar-refractivity contribution in [3.63, 3.8) is 0 Å². The van der Waals surface area contributed by atoms with Crippen molar-refractivity contribution in [1.29, 1.82) is 0 Å². The minimum Gasteiger partial charge on any atom is -0.383 e. The number of pyridine rings is 2. The summed E-state index contributed by atoms with van der Waals surface area (Å²) in [5.74, 6) is -0.0760. The van der Waals surface area contributed by atoms with Crippen molar-refractivity contribution in [2.75, 3.05) is 12.3 Å². The molecule has 0 radical (unpaired) electrons. The van der Waals surface area contributed by atoms with Crippen molar-refractivity contribution >= 4 is 11.7 Å². The highest BCUT2D eigenvalue weighted by Gasteiger charge is 2.18. The first kappa shape index (κ1) is 15.3. The lowest BCUT2D eigenvalue weighted by atomic mass is 9.94. The maximum absolute atomic E-state index is 14.0. The van der Waals surface area contributed by atoms with E-state index >= 15 is 0 Å². The van der Waals surface area contributed by atoms with Crippen LogP contribution in [0.1, 0.15) is 15.9 Å². The molecule has 2 aromatic heterocycles. The summed E-state index contributed by atoms with van der Waals surface area (Å²) in [6, 6.07) is 8.68. The van der Waals surface area contributed by atoms with Crippen LogP contribution in [-0.2, 0) is 6.42 Å². The molecule has 1 amide bonds. The first-order valence-electron chi connectivity index (χ1n) is 7.90. The normalized spacial score (nSPS) is 13.2. The first-order chi connectivity index (χ1) is 12.1. The van der Waals surface area contributed by atoms with Gasteiger partial charge in [-0.1, -0.05) is 12.1 Å². The van der Waals surface area contributed by atoms with Gasteiger partial charge in [-0.2, -0.15) is 0 Å². The second kappa shape index (κ2) is 5.98. The smallest absolute Gasteiger partial charge is 0.251 e. The van der Waals surface area contributed by atoms with E-state index in [-0.39, 0.29) is 11.7 Å². The van der Waals surface area contributed by atoms with Crippen LogP contribution in [0.4, 0.5) is 10.2 Å². The maximum Gasteiger partial charge on any atom is 0.251 e. The summed E-state index contributed by atoms with van der Waals surface area (Å²) in [5, 5.41) is 2.82. The van der Waals surface area contributed by atoms with Gasteiger partial charge in [0.05, 0.1) is 0 Å². The average molecular weight is 334 g/mol. The molecular weight excluding hydrogens is 319 g/mol. The molecule has 6 heteroatoms. The summed E-state index contributed by atoms with van der Waals surface area (Å²) in [6.45, 7) is 0.615. The Labute approximate surface area is 143 Å². The second-order valence-electron chi connectivity index (χ2n) is 5.89. The van der Waals surface area contributed by atoms with Gasteiger partial charge in [-0.3, -0.25) is 9.78 Å². The molecule has 124 valence electrons. The standard InChI is InChI=1S/C19H15FN4O/c20-17-4-5-22-10-16(17)13-8-15(18(21)24-9-13)11-1-2-14-12(7-11)3-6-23-19(14)25/h1-2,4-5,7-10H,3,6H2,(H2,21,24)(H,23,25). The molecule has 25 heavy (non-hydrogen) atoms. The summed E-state index contributed by atoms with van der Waals surface area (Å²) in [5.41, 5.74) is 10.2. The highest BCUT2D eigenvalue weighted by Crippen LogP contribution is 2.32. The van der Waals surface area contributed by atoms with Crippen LogP contribution < -0.4 is 11.1 Å². The number of fused-ring (bicyclic) bond motifs is 1. The Bertz CT molecular complexity index is 987. The Kier molecular flexibility index (Phi) is 3.65. The van der Waals surface area contributed by atoms with Crippen molar-refractivity contribution < 1.29 is 9.18 Å². The summed E-state index contributed by atoms with van der Waals surface area (Å²) < 4.78 is 14.0. The second-order valence-corrected chi connectivity index (χ2v) is 5.89. The number of carbonyl (C=O) groups is 1. The van der Waals surface area contributed by atoms with Gasteiger partial charge in [-0.25, -0.2) is 9.37 Å². The molecule has 1 aliphatic heterocycles. The number of halogens is 1. The van der Waals surface area contributed by atoms with E-state index in [0.717, 1.165) is 17.5 Å². The topological polar surface area (TPSA) is 80.9 Å². The van der Waals surface area contributed by atoms with Crippen molar-refractivity contribution in [2.24, 2.45) is 0 Å². The number of nitrogen functional groups attached to an aromatic ring is 1. The number of carbonyl (C=O) groups excluding carboxylic acids is 1. The molecule has 0 spiro atoms. The molecule has 0 aliphatic carbocycles. The van der Waals surface area contributed by atoms with Gasteiger partial charge in [0.25, 0.3) is 5.91 Å². The minimum atomic E-state index is -0.366. The van der Waals surface area contributed by atoms with E-state index in [9.17, 15) is 9.18 Å². The first-order valence-corrected chi connectivity index (χ1v) is 7.90. The quantitative estimate of drug-likeness (QED) is 0.755. The number of amides is 1. The number of anilines is 1. The fraction of sp³-hybridized carbons (Fsp3) is 0.105. The zero-order valence-corrected chi connectivity index (χ0v) is 13.3. The summed E-state index contributed by atoms with van der Waals surface area (Å²) in [4.78, 5) is 20.1. The molecule has 0 fully saturated rings. The Morgan fingerprint density at radius 3 is 2.76 bits per heavy atom. The van der Waals surface area contributed by atoms with Crippen LogP contribution in [0.5, 0.6) is 0 Å². The number of nitrogens with one attached hydrogen (secondary N) is 1. The molecule has 5 nitrogen and oxygen atoms in total. The number of rotatable bonds is 2. The van der Waals surface area contributed by atoms with E-state index in [1.165, 1.54) is 24.7 Å².